The van der Waals surface area contributed by atoms with E-state index in [1.807, 2.05) is 36.4 Å². The summed E-state index contributed by atoms with van der Waals surface area (Å²) in [7, 11) is 1.59. The third-order valence-electron chi connectivity index (χ3n) is 5.24. The second-order valence-electron chi connectivity index (χ2n) is 7.72. The number of aryl methyl sites for hydroxylation is 2. The first-order valence-electron chi connectivity index (χ1n) is 10.7. The molecule has 7 nitrogen and oxygen atoms in total. The molecule has 0 aliphatic carbocycles. The monoisotopic (exact) mass is 599 g/mol. The summed E-state index contributed by atoms with van der Waals surface area (Å²) in [5.41, 5.74) is 6.65. The van der Waals surface area contributed by atoms with Gasteiger partial charge in [0.1, 0.15) is 23.9 Å². The Kier molecular flexibility index (Phi) is 7.77. The molecule has 0 fully saturated rings. The fourth-order valence-electron chi connectivity index (χ4n) is 3.57. The number of nitrogens with one attached hydrogen (secondary N) is 1. The number of halogens is 2. The lowest BCUT2D eigenvalue weighted by Crippen LogP contribution is -2.16. The maximum Gasteiger partial charge on any atom is 0.307 e. The highest BCUT2D eigenvalue weighted by Crippen LogP contribution is 2.34. The molecular weight excluding hydrogens is 578 g/mol. The summed E-state index contributed by atoms with van der Waals surface area (Å²) in [4.78, 5) is 12.4. The molecule has 1 amide bonds. The van der Waals surface area contributed by atoms with E-state index in [1.165, 1.54) is 17.6 Å². The number of carbonyl (C=O) groups is 1. The molecule has 0 bridgehead atoms. The molecule has 35 heavy (non-hydrogen) atoms. The van der Waals surface area contributed by atoms with Gasteiger partial charge in [-0.3, -0.25) is 4.79 Å². The summed E-state index contributed by atoms with van der Waals surface area (Å²) in [6, 6.07) is 19.0. The number of amides is 1. The van der Waals surface area contributed by atoms with Crippen molar-refractivity contribution in [2.45, 2.75) is 20.5 Å². The summed E-state index contributed by atoms with van der Waals surface area (Å²) in [6.45, 7) is 4.35. The van der Waals surface area contributed by atoms with Crippen molar-refractivity contribution in [1.82, 2.24) is 9.99 Å². The van der Waals surface area contributed by atoms with Crippen LogP contribution in [-0.2, 0) is 6.61 Å². The van der Waals surface area contributed by atoms with Gasteiger partial charge in [0.15, 0.2) is 5.76 Å². The number of rotatable bonds is 8. The number of carbonyl (C=O) groups excluding carboxylic acids is 1. The highest BCUT2D eigenvalue weighted by Gasteiger charge is 2.12. The number of nitrogens with zero attached hydrogens (tertiary/aromatic N) is 2. The molecule has 4 rings (SSSR count). The first-order chi connectivity index (χ1) is 16.9. The molecule has 0 aliphatic heterocycles. The third kappa shape index (κ3) is 5.86. The Morgan fingerprint density at radius 2 is 1.69 bits per heavy atom. The molecule has 0 saturated carbocycles. The van der Waals surface area contributed by atoms with E-state index in [0.717, 1.165) is 20.2 Å². The van der Waals surface area contributed by atoms with Crippen molar-refractivity contribution in [3.63, 3.8) is 0 Å². The van der Waals surface area contributed by atoms with Crippen molar-refractivity contribution in [3.8, 4) is 17.2 Å². The predicted octanol–water partition coefficient (Wildman–Crippen LogP) is 6.56. The van der Waals surface area contributed by atoms with E-state index >= 15 is 0 Å². The lowest BCUT2D eigenvalue weighted by molar-refractivity contribution is 0.0923. The van der Waals surface area contributed by atoms with E-state index in [0.29, 0.717) is 17.3 Å². The Hall–Kier alpha value is -3.30. The van der Waals surface area contributed by atoms with Crippen LogP contribution in [0.3, 0.4) is 0 Å². The molecule has 2 aromatic carbocycles. The normalized spacial score (nSPS) is 11.1. The van der Waals surface area contributed by atoms with Crippen molar-refractivity contribution >= 4 is 44.0 Å². The zero-order chi connectivity index (χ0) is 24.9. The smallest absolute Gasteiger partial charge is 0.307 e. The van der Waals surface area contributed by atoms with Gasteiger partial charge in [0.25, 0.3) is 0 Å². The molecule has 0 unspecified atom stereocenters. The highest BCUT2D eigenvalue weighted by molar-refractivity contribution is 9.11. The Bertz CT molecular complexity index is 1330. The number of furan rings is 1. The van der Waals surface area contributed by atoms with Crippen LogP contribution >= 0.6 is 31.9 Å². The number of aromatic nitrogens is 1. The SMILES string of the molecule is COc1c(Br)cc(/C=N/NC(=O)c2ccc(COc3ccc(-n4c(C)ccc4C)cc3)o2)cc1Br. The van der Waals surface area contributed by atoms with Crippen LogP contribution in [0.1, 0.15) is 33.3 Å². The maximum absolute atomic E-state index is 12.4. The molecular formula is C26H23Br2N3O4. The molecule has 9 heteroatoms. The molecule has 2 aromatic heterocycles. The van der Waals surface area contributed by atoms with Gasteiger partial charge >= 0.3 is 5.91 Å². The number of hydrogen-bond acceptors (Lipinski definition) is 5. The molecule has 1 N–H and O–H groups in total. The van der Waals surface area contributed by atoms with Gasteiger partial charge < -0.3 is 18.5 Å². The summed E-state index contributed by atoms with van der Waals surface area (Å²) in [6.07, 6.45) is 1.53. The third-order valence-corrected chi connectivity index (χ3v) is 6.42. The molecule has 0 aliphatic rings. The summed E-state index contributed by atoms with van der Waals surface area (Å²) < 4.78 is 20.4. The summed E-state index contributed by atoms with van der Waals surface area (Å²) in [5, 5.41) is 4.00. The van der Waals surface area contributed by atoms with Crippen LogP contribution in [0.15, 0.2) is 79.1 Å². The van der Waals surface area contributed by atoms with Crippen LogP contribution in [0.4, 0.5) is 0 Å². The number of ether oxygens (including phenoxy) is 2. The molecule has 0 spiro atoms. The zero-order valence-corrected chi connectivity index (χ0v) is 22.5. The van der Waals surface area contributed by atoms with Gasteiger partial charge in [0.2, 0.25) is 0 Å². The van der Waals surface area contributed by atoms with Crippen LogP contribution < -0.4 is 14.9 Å². The second kappa shape index (κ2) is 11.0. The molecule has 0 radical (unpaired) electrons. The van der Waals surface area contributed by atoms with Gasteiger partial charge in [-0.1, -0.05) is 0 Å². The number of methoxy groups -OCH3 is 1. The van der Waals surface area contributed by atoms with Gasteiger partial charge in [0.05, 0.1) is 22.3 Å². The van der Waals surface area contributed by atoms with Crippen molar-refractivity contribution in [2.24, 2.45) is 5.10 Å². The van der Waals surface area contributed by atoms with Gasteiger partial charge in [-0.05, 0) is 112 Å². The van der Waals surface area contributed by atoms with Gasteiger partial charge in [-0.2, -0.15) is 5.10 Å². The molecule has 0 atom stereocenters. The second-order valence-corrected chi connectivity index (χ2v) is 9.43. The highest BCUT2D eigenvalue weighted by atomic mass is 79.9. The van der Waals surface area contributed by atoms with Crippen LogP contribution in [0.25, 0.3) is 5.69 Å². The van der Waals surface area contributed by atoms with E-state index in [2.05, 4.69) is 72.9 Å². The van der Waals surface area contributed by atoms with Crippen molar-refractivity contribution in [2.75, 3.05) is 7.11 Å². The summed E-state index contributed by atoms with van der Waals surface area (Å²) in [5.74, 6) is 1.61. The summed E-state index contributed by atoms with van der Waals surface area (Å²) >= 11 is 6.87. The van der Waals surface area contributed by atoms with Crippen LogP contribution in [0, 0.1) is 13.8 Å². The number of hydrazone groups is 1. The first kappa shape index (κ1) is 24.8. The average molecular weight is 601 g/mol. The Morgan fingerprint density at radius 1 is 1.03 bits per heavy atom. The largest absolute Gasteiger partial charge is 0.494 e. The van der Waals surface area contributed by atoms with Gasteiger partial charge in [-0.15, -0.1) is 0 Å². The minimum absolute atomic E-state index is 0.145. The maximum atomic E-state index is 12.4. The van der Waals surface area contributed by atoms with Crippen molar-refractivity contribution in [1.29, 1.82) is 0 Å². The minimum Gasteiger partial charge on any atom is -0.494 e. The fraction of sp³-hybridized carbons (Fsp3) is 0.154. The number of hydrogen-bond donors (Lipinski definition) is 1. The Morgan fingerprint density at radius 3 is 2.31 bits per heavy atom. The van der Waals surface area contributed by atoms with E-state index in [9.17, 15) is 4.79 Å². The van der Waals surface area contributed by atoms with Crippen LogP contribution in [-0.4, -0.2) is 23.8 Å². The van der Waals surface area contributed by atoms with E-state index < -0.39 is 5.91 Å². The predicted molar refractivity (Wildman–Crippen MR) is 142 cm³/mol. The van der Waals surface area contributed by atoms with Gasteiger partial charge in [-0.25, -0.2) is 5.43 Å². The van der Waals surface area contributed by atoms with Crippen LogP contribution in [0.2, 0.25) is 0 Å². The average Bonchev–Trinajstić information content (AvgIpc) is 3.44. The molecule has 2 heterocycles. The molecule has 4 aromatic rings. The fourth-order valence-corrected chi connectivity index (χ4v) is 5.11. The van der Waals surface area contributed by atoms with E-state index in [4.69, 9.17) is 13.9 Å². The van der Waals surface area contributed by atoms with Crippen molar-refractivity contribution in [3.05, 3.63) is 98.1 Å². The Labute approximate surface area is 220 Å². The van der Waals surface area contributed by atoms with Gasteiger partial charge in [0, 0.05) is 17.1 Å². The van der Waals surface area contributed by atoms with Crippen LogP contribution in [0.5, 0.6) is 11.5 Å². The lowest BCUT2D eigenvalue weighted by atomic mass is 10.2. The number of benzene rings is 2. The topological polar surface area (TPSA) is 78.0 Å². The molecule has 180 valence electrons. The quantitative estimate of drug-likeness (QED) is 0.183. The van der Waals surface area contributed by atoms with E-state index in [-0.39, 0.29) is 12.4 Å². The van der Waals surface area contributed by atoms with E-state index in [1.54, 1.807) is 19.2 Å². The standard InChI is InChI=1S/C26H23Br2N3O4/c1-16-4-5-17(2)31(16)19-6-8-20(9-7-19)34-15-21-10-11-24(35-21)26(32)30-29-14-18-12-22(27)25(33-3)23(28)13-18/h4-14H,15H2,1-3H3,(H,30,32)/b29-14+. The lowest BCUT2D eigenvalue weighted by Gasteiger charge is -2.10. The zero-order valence-electron chi connectivity index (χ0n) is 19.3. The Balaban J connectivity index is 1.32. The minimum atomic E-state index is -0.457. The molecule has 0 saturated heterocycles. The first-order valence-corrected chi connectivity index (χ1v) is 12.3. The van der Waals surface area contributed by atoms with Crippen molar-refractivity contribution < 1.29 is 18.7 Å².